The topological polar surface area (TPSA) is 47.0 Å². The third-order valence-electron chi connectivity index (χ3n) is 5.56. The predicted octanol–water partition coefficient (Wildman–Crippen LogP) is 4.85. The molecule has 0 unspecified atom stereocenters. The number of Topliss-reactive ketones (excluding diaryl/α,β-unsaturated/α-hetero) is 2. The summed E-state index contributed by atoms with van der Waals surface area (Å²) in [4.78, 5) is 28.6. The van der Waals surface area contributed by atoms with Crippen LogP contribution in [0.15, 0.2) is 28.9 Å². The van der Waals surface area contributed by atoms with E-state index in [1.54, 1.807) is 13.1 Å². The summed E-state index contributed by atoms with van der Waals surface area (Å²) in [5.41, 5.74) is 0.920. The average molecular weight is 390 g/mol. The largest absolute Gasteiger partial charge is 0.300 e. The summed E-state index contributed by atoms with van der Waals surface area (Å²) < 4.78 is 0.965. The summed E-state index contributed by atoms with van der Waals surface area (Å²) in [6.45, 7) is 1.61. The molecular formula is C20H24BrNO2. The Kier molecular flexibility index (Phi) is 5.65. The van der Waals surface area contributed by atoms with Gasteiger partial charge in [-0.2, -0.15) is 0 Å². The van der Waals surface area contributed by atoms with Gasteiger partial charge in [-0.05, 0) is 71.7 Å². The molecule has 3 nitrogen and oxygen atoms in total. The van der Waals surface area contributed by atoms with Gasteiger partial charge in [-0.15, -0.1) is 0 Å². The number of rotatable bonds is 4. The number of aromatic nitrogens is 1. The number of nitrogens with zero attached hydrogens (tertiary/aromatic N) is 1. The Morgan fingerprint density at radius 2 is 2.04 bits per heavy atom. The maximum Gasteiger partial charge on any atom is 0.137 e. The standard InChI is InChI=1S/C20H24BrNO2/c1-13(23)10-19-18-5-3-2-4-17(18)14(11-20(19)24)6-8-16-9-7-15(21)12-22-16/h6-9,12,14,17-19H,2-5,10-11H2,1H3/b8-6+/t14-,17+,18-,19+/m1/s1. The van der Waals surface area contributed by atoms with Gasteiger partial charge in [0, 0.05) is 29.4 Å². The number of fused-ring (bicyclic) bond motifs is 1. The summed E-state index contributed by atoms with van der Waals surface area (Å²) in [6.07, 6.45) is 11.7. The van der Waals surface area contributed by atoms with E-state index < -0.39 is 0 Å². The van der Waals surface area contributed by atoms with Gasteiger partial charge < -0.3 is 4.79 Å². The lowest BCUT2D eigenvalue weighted by Gasteiger charge is -2.44. The van der Waals surface area contributed by atoms with E-state index in [4.69, 9.17) is 0 Å². The Hall–Kier alpha value is -1.29. The molecular weight excluding hydrogens is 366 g/mol. The molecule has 0 bridgehead atoms. The van der Waals surface area contributed by atoms with Gasteiger partial charge in [0.15, 0.2) is 0 Å². The van der Waals surface area contributed by atoms with Crippen molar-refractivity contribution in [2.45, 2.75) is 45.4 Å². The Morgan fingerprint density at radius 3 is 2.71 bits per heavy atom. The van der Waals surface area contributed by atoms with Gasteiger partial charge in [-0.3, -0.25) is 9.78 Å². The Balaban J connectivity index is 1.77. The smallest absolute Gasteiger partial charge is 0.137 e. The minimum atomic E-state index is -0.0387. The number of pyridine rings is 1. The van der Waals surface area contributed by atoms with Crippen molar-refractivity contribution in [3.05, 3.63) is 34.6 Å². The van der Waals surface area contributed by atoms with E-state index in [2.05, 4.69) is 27.0 Å². The molecule has 1 aromatic heterocycles. The van der Waals surface area contributed by atoms with Gasteiger partial charge in [0.25, 0.3) is 0 Å². The van der Waals surface area contributed by atoms with Crippen LogP contribution in [0.5, 0.6) is 0 Å². The molecule has 2 aliphatic carbocycles. The molecule has 0 spiro atoms. The Morgan fingerprint density at radius 1 is 1.29 bits per heavy atom. The first kappa shape index (κ1) is 17.5. The number of halogens is 1. The molecule has 0 N–H and O–H groups in total. The van der Waals surface area contributed by atoms with E-state index in [-0.39, 0.29) is 23.4 Å². The second-order valence-corrected chi connectivity index (χ2v) is 8.14. The lowest BCUT2D eigenvalue weighted by atomic mass is 9.59. The van der Waals surface area contributed by atoms with E-state index >= 15 is 0 Å². The van der Waals surface area contributed by atoms with Gasteiger partial charge in [-0.1, -0.05) is 18.9 Å². The van der Waals surface area contributed by atoms with Gasteiger partial charge >= 0.3 is 0 Å². The minimum Gasteiger partial charge on any atom is -0.300 e. The lowest BCUT2D eigenvalue weighted by Crippen LogP contribution is -2.42. The zero-order valence-corrected chi connectivity index (χ0v) is 15.7. The number of hydrogen-bond donors (Lipinski definition) is 0. The molecule has 4 heteroatoms. The first-order chi connectivity index (χ1) is 11.5. The first-order valence-electron chi connectivity index (χ1n) is 8.86. The zero-order chi connectivity index (χ0) is 17.1. The number of ketones is 2. The van der Waals surface area contributed by atoms with Crippen LogP contribution < -0.4 is 0 Å². The fraction of sp³-hybridized carbons (Fsp3) is 0.550. The quantitative estimate of drug-likeness (QED) is 0.739. The van der Waals surface area contributed by atoms with Gasteiger partial charge in [0.2, 0.25) is 0 Å². The van der Waals surface area contributed by atoms with Crippen LogP contribution in [0, 0.1) is 23.7 Å². The van der Waals surface area contributed by atoms with Crippen LogP contribution in [0.25, 0.3) is 6.08 Å². The van der Waals surface area contributed by atoms with E-state index in [9.17, 15) is 9.59 Å². The highest BCUT2D eigenvalue weighted by molar-refractivity contribution is 9.10. The van der Waals surface area contributed by atoms with Gasteiger partial charge in [0.05, 0.1) is 5.69 Å². The van der Waals surface area contributed by atoms with Crippen LogP contribution in [-0.4, -0.2) is 16.6 Å². The van der Waals surface area contributed by atoms with Crippen LogP contribution in [0.3, 0.4) is 0 Å². The van der Waals surface area contributed by atoms with Crippen LogP contribution in [0.4, 0.5) is 0 Å². The molecule has 2 fully saturated rings. The Labute approximate surface area is 152 Å². The van der Waals surface area contributed by atoms with Crippen molar-refractivity contribution in [2.24, 2.45) is 23.7 Å². The molecule has 1 heterocycles. The summed E-state index contributed by atoms with van der Waals surface area (Å²) in [5, 5.41) is 0. The van der Waals surface area contributed by atoms with Crippen molar-refractivity contribution >= 4 is 33.6 Å². The molecule has 128 valence electrons. The zero-order valence-electron chi connectivity index (χ0n) is 14.1. The Bertz CT molecular complexity index is 638. The van der Waals surface area contributed by atoms with E-state index in [0.29, 0.717) is 24.7 Å². The van der Waals surface area contributed by atoms with Crippen molar-refractivity contribution in [3.8, 4) is 0 Å². The molecule has 0 amide bonds. The molecule has 24 heavy (non-hydrogen) atoms. The van der Waals surface area contributed by atoms with Gasteiger partial charge in [-0.25, -0.2) is 0 Å². The van der Waals surface area contributed by atoms with E-state index in [1.807, 2.05) is 18.2 Å². The van der Waals surface area contributed by atoms with Crippen molar-refractivity contribution in [2.75, 3.05) is 0 Å². The third kappa shape index (κ3) is 4.02. The van der Waals surface area contributed by atoms with Crippen molar-refractivity contribution in [1.82, 2.24) is 4.98 Å². The SMILES string of the molecule is CC(=O)C[C@@H]1C(=O)C[C@@H](/C=C/c2ccc(Br)cn2)[C@@H]2CCCC[C@H]21. The highest BCUT2D eigenvalue weighted by Gasteiger charge is 2.44. The third-order valence-corrected chi connectivity index (χ3v) is 6.03. The fourth-order valence-corrected chi connectivity index (χ4v) is 4.72. The number of hydrogen-bond acceptors (Lipinski definition) is 3. The average Bonchev–Trinajstić information content (AvgIpc) is 2.57. The minimum absolute atomic E-state index is 0.0387. The summed E-state index contributed by atoms with van der Waals surface area (Å²) in [6, 6.07) is 3.95. The molecule has 4 atom stereocenters. The van der Waals surface area contributed by atoms with Crippen molar-refractivity contribution < 1.29 is 9.59 Å². The van der Waals surface area contributed by atoms with Crippen LogP contribution in [0.2, 0.25) is 0 Å². The molecule has 3 rings (SSSR count). The van der Waals surface area contributed by atoms with Crippen molar-refractivity contribution in [3.63, 3.8) is 0 Å². The van der Waals surface area contributed by atoms with Crippen molar-refractivity contribution in [1.29, 1.82) is 0 Å². The van der Waals surface area contributed by atoms with Crippen LogP contribution >= 0.6 is 15.9 Å². The summed E-state index contributed by atoms with van der Waals surface area (Å²) in [7, 11) is 0. The molecule has 0 radical (unpaired) electrons. The molecule has 0 aliphatic heterocycles. The maximum atomic E-state index is 12.6. The molecule has 1 aromatic rings. The fourth-order valence-electron chi connectivity index (χ4n) is 4.49. The normalized spacial score (nSPS) is 30.3. The highest BCUT2D eigenvalue weighted by Crippen LogP contribution is 2.47. The number of allylic oxidation sites excluding steroid dienone is 1. The van der Waals surface area contributed by atoms with Gasteiger partial charge in [0.1, 0.15) is 11.6 Å². The molecule has 2 saturated carbocycles. The summed E-state index contributed by atoms with van der Waals surface area (Å²) in [5.74, 6) is 1.60. The number of carbonyl (C=O) groups excluding carboxylic acids is 2. The molecule has 0 saturated heterocycles. The molecule has 2 aliphatic rings. The molecule has 0 aromatic carbocycles. The monoisotopic (exact) mass is 389 g/mol. The summed E-state index contributed by atoms with van der Waals surface area (Å²) >= 11 is 3.39. The second kappa shape index (κ2) is 7.73. The van der Waals surface area contributed by atoms with Crippen LogP contribution in [-0.2, 0) is 9.59 Å². The number of carbonyl (C=O) groups is 2. The maximum absolute atomic E-state index is 12.6. The van der Waals surface area contributed by atoms with Crippen LogP contribution in [0.1, 0.15) is 51.1 Å². The predicted molar refractivity (Wildman–Crippen MR) is 98.3 cm³/mol. The highest BCUT2D eigenvalue weighted by atomic mass is 79.9. The first-order valence-corrected chi connectivity index (χ1v) is 9.66. The second-order valence-electron chi connectivity index (χ2n) is 7.22. The lowest BCUT2D eigenvalue weighted by molar-refractivity contribution is -0.135. The van der Waals surface area contributed by atoms with E-state index in [0.717, 1.165) is 16.6 Å². The van der Waals surface area contributed by atoms with E-state index in [1.165, 1.54) is 19.3 Å².